The van der Waals surface area contributed by atoms with Crippen LogP contribution in [0.1, 0.15) is 444 Å². The van der Waals surface area contributed by atoms with E-state index in [-0.39, 0.29) is 18.5 Å². The lowest BCUT2D eigenvalue weighted by Crippen LogP contribution is -2.45. The molecule has 87 heavy (non-hydrogen) atoms. The highest BCUT2D eigenvalue weighted by Gasteiger charge is 2.20. The zero-order valence-corrected chi connectivity index (χ0v) is 59.0. The fourth-order valence-corrected chi connectivity index (χ4v) is 12.6. The Morgan fingerprint density at radius 1 is 0.322 bits per heavy atom. The Morgan fingerprint density at radius 3 is 0.920 bits per heavy atom. The molecule has 0 saturated carbocycles. The fourth-order valence-electron chi connectivity index (χ4n) is 12.6. The number of hydrogen-bond acceptors (Lipinski definition) is 5. The van der Waals surface area contributed by atoms with Gasteiger partial charge < -0.3 is 20.3 Å². The number of ether oxygens (including phenoxy) is 1. The molecule has 0 aliphatic carbocycles. The zero-order chi connectivity index (χ0) is 62.8. The summed E-state index contributed by atoms with van der Waals surface area (Å²) < 4.78 is 5.49. The number of aliphatic hydroxyl groups excluding tert-OH is 2. The summed E-state index contributed by atoms with van der Waals surface area (Å²) in [6.45, 7) is 4.95. The Labute approximate surface area is 544 Å². The molecule has 514 valence electrons. The molecule has 0 spiro atoms. The van der Waals surface area contributed by atoms with E-state index in [9.17, 15) is 19.8 Å². The topological polar surface area (TPSA) is 95.9 Å². The summed E-state index contributed by atoms with van der Waals surface area (Å²) in [4.78, 5) is 24.6. The second kappa shape index (κ2) is 76.5. The van der Waals surface area contributed by atoms with Crippen LogP contribution in [0.25, 0.3) is 0 Å². The quantitative estimate of drug-likeness (QED) is 0.0320. The number of rotatable bonds is 75. The number of allylic oxidation sites excluding steroid dienone is 6. The molecular formula is C81H155NO5. The fraction of sp³-hybridized carbons (Fsp3) is 0.901. The van der Waals surface area contributed by atoms with E-state index >= 15 is 0 Å². The minimum absolute atomic E-state index is 0.00730. The molecule has 0 aromatic rings. The Balaban J connectivity index is 3.33. The zero-order valence-electron chi connectivity index (χ0n) is 59.0. The molecule has 0 aliphatic rings. The van der Waals surface area contributed by atoms with Crippen LogP contribution in [0.4, 0.5) is 0 Å². The van der Waals surface area contributed by atoms with Gasteiger partial charge in [0.25, 0.3) is 0 Å². The lowest BCUT2D eigenvalue weighted by Gasteiger charge is -2.22. The molecule has 2 atom stereocenters. The minimum Gasteiger partial charge on any atom is -0.466 e. The molecule has 6 nitrogen and oxygen atoms in total. The Bertz CT molecular complexity index is 1410. The van der Waals surface area contributed by atoms with Gasteiger partial charge in [0.1, 0.15) is 0 Å². The van der Waals surface area contributed by atoms with Crippen molar-refractivity contribution in [1.82, 2.24) is 5.32 Å². The summed E-state index contributed by atoms with van der Waals surface area (Å²) >= 11 is 0. The number of amides is 1. The van der Waals surface area contributed by atoms with Crippen molar-refractivity contribution in [2.75, 3.05) is 13.2 Å². The normalized spacial score (nSPS) is 12.6. The first-order chi connectivity index (χ1) is 43.0. The molecule has 0 rings (SSSR count). The van der Waals surface area contributed by atoms with Crippen LogP contribution >= 0.6 is 0 Å². The molecule has 0 saturated heterocycles. The lowest BCUT2D eigenvalue weighted by atomic mass is 10.0. The van der Waals surface area contributed by atoms with Crippen molar-refractivity contribution in [3.63, 3.8) is 0 Å². The van der Waals surface area contributed by atoms with Crippen molar-refractivity contribution < 1.29 is 24.5 Å². The van der Waals surface area contributed by atoms with E-state index < -0.39 is 12.1 Å². The van der Waals surface area contributed by atoms with Crippen molar-refractivity contribution in [2.24, 2.45) is 0 Å². The van der Waals surface area contributed by atoms with Crippen LogP contribution < -0.4 is 5.32 Å². The van der Waals surface area contributed by atoms with E-state index in [4.69, 9.17) is 4.74 Å². The van der Waals surface area contributed by atoms with Gasteiger partial charge in [-0.2, -0.15) is 0 Å². The molecule has 3 N–H and O–H groups in total. The first-order valence-electron chi connectivity index (χ1n) is 39.7. The van der Waals surface area contributed by atoms with E-state index in [1.165, 1.54) is 360 Å². The molecule has 0 fully saturated rings. The summed E-state index contributed by atoms with van der Waals surface area (Å²) in [6.07, 6.45) is 99.6. The lowest BCUT2D eigenvalue weighted by molar-refractivity contribution is -0.143. The smallest absolute Gasteiger partial charge is 0.305 e. The van der Waals surface area contributed by atoms with Crippen molar-refractivity contribution in [2.45, 2.75) is 456 Å². The van der Waals surface area contributed by atoms with Crippen molar-refractivity contribution >= 4 is 11.9 Å². The largest absolute Gasteiger partial charge is 0.466 e. The van der Waals surface area contributed by atoms with Crippen LogP contribution in [-0.4, -0.2) is 47.4 Å². The molecule has 0 radical (unpaired) electrons. The second-order valence-corrected chi connectivity index (χ2v) is 27.4. The van der Waals surface area contributed by atoms with Crippen LogP contribution in [0.3, 0.4) is 0 Å². The summed E-state index contributed by atoms with van der Waals surface area (Å²) in [5, 5.41) is 23.4. The Hall–Kier alpha value is -1.92. The predicted octanol–water partition coefficient (Wildman–Crippen LogP) is 26.2. The maximum absolute atomic E-state index is 12.6. The summed E-state index contributed by atoms with van der Waals surface area (Å²) in [7, 11) is 0. The minimum atomic E-state index is -0.662. The highest BCUT2D eigenvalue weighted by molar-refractivity contribution is 5.76. The van der Waals surface area contributed by atoms with Gasteiger partial charge in [0.2, 0.25) is 5.91 Å². The monoisotopic (exact) mass is 1220 g/mol. The molecule has 6 heteroatoms. The van der Waals surface area contributed by atoms with Gasteiger partial charge in [-0.3, -0.25) is 9.59 Å². The number of hydrogen-bond donors (Lipinski definition) is 3. The summed E-state index contributed by atoms with van der Waals surface area (Å²) in [5.41, 5.74) is 0. The number of carbonyl (C=O) groups excluding carboxylic acids is 2. The van der Waals surface area contributed by atoms with Crippen LogP contribution in [0.15, 0.2) is 36.5 Å². The summed E-state index contributed by atoms with van der Waals surface area (Å²) in [5.74, 6) is -0.0191. The Kier molecular flexibility index (Phi) is 74.8. The second-order valence-electron chi connectivity index (χ2n) is 27.4. The molecule has 0 bridgehead atoms. The SMILES string of the molecule is CCCC/C=C\C/C=C\CCCCCCCC(=O)OCCCCCCCCCCCCCCCCCC/C=C\CCCCCCCCCCCCCCCCCCCC(=O)NC(CO)C(O)CCCCCCCCCCCCCCCCCCCCC. The van der Waals surface area contributed by atoms with Crippen LogP contribution in [0, 0.1) is 0 Å². The van der Waals surface area contributed by atoms with Gasteiger partial charge in [0.05, 0.1) is 25.4 Å². The van der Waals surface area contributed by atoms with Crippen molar-refractivity contribution in [1.29, 1.82) is 0 Å². The van der Waals surface area contributed by atoms with Gasteiger partial charge in [-0.15, -0.1) is 0 Å². The highest BCUT2D eigenvalue weighted by atomic mass is 16.5. The van der Waals surface area contributed by atoms with Crippen LogP contribution in [0.2, 0.25) is 0 Å². The first kappa shape index (κ1) is 85.1. The van der Waals surface area contributed by atoms with Crippen LogP contribution in [0.5, 0.6) is 0 Å². The van der Waals surface area contributed by atoms with Crippen LogP contribution in [-0.2, 0) is 14.3 Å². The van der Waals surface area contributed by atoms with Gasteiger partial charge in [-0.1, -0.05) is 391 Å². The summed E-state index contributed by atoms with van der Waals surface area (Å²) in [6, 6.07) is -0.539. The highest BCUT2D eigenvalue weighted by Crippen LogP contribution is 2.20. The molecule has 0 aromatic carbocycles. The van der Waals surface area contributed by atoms with E-state index in [1.54, 1.807) is 0 Å². The number of unbranched alkanes of at least 4 members (excludes halogenated alkanes) is 58. The van der Waals surface area contributed by atoms with E-state index in [0.717, 1.165) is 51.4 Å². The third-order valence-corrected chi connectivity index (χ3v) is 18.7. The number of aliphatic hydroxyl groups is 2. The third-order valence-electron chi connectivity index (χ3n) is 18.7. The van der Waals surface area contributed by atoms with Gasteiger partial charge in [-0.25, -0.2) is 0 Å². The number of esters is 1. The maximum Gasteiger partial charge on any atom is 0.305 e. The van der Waals surface area contributed by atoms with Crippen molar-refractivity contribution in [3.8, 4) is 0 Å². The molecule has 0 aromatic heterocycles. The molecule has 1 amide bonds. The standard InChI is InChI=1S/C81H155NO5/c1-3-5-7-9-11-13-15-17-19-20-40-43-46-49-53-57-61-65-69-73-79(84)78(77-83)82-80(85)74-70-66-62-58-54-50-47-44-41-38-36-34-32-30-28-26-24-22-21-23-25-27-29-31-33-35-37-39-42-45-48-52-56-60-64-68-72-76-87-81(86)75-71-67-63-59-55-51-18-16-14-12-10-8-6-4-2/h10,12,16,18,21,23,78-79,83-84H,3-9,11,13-15,17,19-20,22,24-77H2,1-2H3,(H,82,85)/b12-10-,18-16-,23-21-. The van der Waals surface area contributed by atoms with Gasteiger partial charge in [0, 0.05) is 12.8 Å². The van der Waals surface area contributed by atoms with Gasteiger partial charge >= 0.3 is 5.97 Å². The number of carbonyl (C=O) groups is 2. The molecule has 0 heterocycles. The Morgan fingerprint density at radius 2 is 0.586 bits per heavy atom. The average Bonchev–Trinajstić information content (AvgIpc) is 3.54. The first-order valence-corrected chi connectivity index (χ1v) is 39.7. The molecule has 0 aliphatic heterocycles. The third kappa shape index (κ3) is 73.0. The van der Waals surface area contributed by atoms with E-state index in [1.807, 2.05) is 0 Å². The van der Waals surface area contributed by atoms with E-state index in [0.29, 0.717) is 25.9 Å². The van der Waals surface area contributed by atoms with E-state index in [2.05, 4.69) is 55.6 Å². The van der Waals surface area contributed by atoms with Crippen molar-refractivity contribution in [3.05, 3.63) is 36.5 Å². The average molecular weight is 1220 g/mol. The van der Waals surface area contributed by atoms with Gasteiger partial charge in [-0.05, 0) is 77.0 Å². The predicted molar refractivity (Wildman–Crippen MR) is 384 cm³/mol. The number of nitrogens with one attached hydrogen (secondary N) is 1. The molecule has 2 unspecified atom stereocenters. The van der Waals surface area contributed by atoms with Gasteiger partial charge in [0.15, 0.2) is 0 Å². The maximum atomic E-state index is 12.6. The molecular weight excluding hydrogens is 1070 g/mol.